The van der Waals surface area contributed by atoms with E-state index in [0.29, 0.717) is 5.69 Å². The first kappa shape index (κ1) is 15.6. The molecule has 7 nitrogen and oxygen atoms in total. The molecular formula is C14H9BrN2O5. The van der Waals surface area contributed by atoms with Crippen LogP contribution in [0.4, 0.5) is 11.4 Å². The molecule has 0 radical (unpaired) electrons. The third-order valence-electron chi connectivity index (χ3n) is 2.79. The van der Waals surface area contributed by atoms with Crippen LogP contribution in [0.15, 0.2) is 46.9 Å². The van der Waals surface area contributed by atoms with Gasteiger partial charge in [0.05, 0.1) is 15.0 Å². The van der Waals surface area contributed by atoms with Gasteiger partial charge in [-0.1, -0.05) is 0 Å². The van der Waals surface area contributed by atoms with E-state index in [-0.39, 0.29) is 21.3 Å². The molecule has 2 N–H and O–H groups in total. The van der Waals surface area contributed by atoms with Crippen LogP contribution in [0, 0.1) is 10.1 Å². The van der Waals surface area contributed by atoms with E-state index >= 15 is 0 Å². The second kappa shape index (κ2) is 6.35. The van der Waals surface area contributed by atoms with Crippen molar-refractivity contribution in [3.8, 4) is 0 Å². The summed E-state index contributed by atoms with van der Waals surface area (Å²) in [4.78, 5) is 33.0. The zero-order valence-corrected chi connectivity index (χ0v) is 12.5. The predicted octanol–water partition coefficient (Wildman–Crippen LogP) is 3.31. The van der Waals surface area contributed by atoms with Gasteiger partial charge in [0.25, 0.3) is 11.6 Å². The highest BCUT2D eigenvalue weighted by molar-refractivity contribution is 9.10. The van der Waals surface area contributed by atoms with Crippen molar-refractivity contribution in [2.75, 3.05) is 5.32 Å². The van der Waals surface area contributed by atoms with Crippen molar-refractivity contribution in [3.05, 3.63) is 68.2 Å². The molecule has 0 aliphatic heterocycles. The first-order chi connectivity index (χ1) is 10.4. The molecule has 0 heterocycles. The highest BCUT2D eigenvalue weighted by Crippen LogP contribution is 2.26. The minimum Gasteiger partial charge on any atom is -0.478 e. The molecule has 1 amide bonds. The molecule has 2 aromatic carbocycles. The normalized spacial score (nSPS) is 10.0. The van der Waals surface area contributed by atoms with Gasteiger partial charge in [0, 0.05) is 17.3 Å². The number of nitro benzene ring substituents is 1. The van der Waals surface area contributed by atoms with Gasteiger partial charge in [0.2, 0.25) is 0 Å². The van der Waals surface area contributed by atoms with E-state index in [1.165, 1.54) is 36.4 Å². The van der Waals surface area contributed by atoms with Gasteiger partial charge < -0.3 is 10.4 Å². The summed E-state index contributed by atoms with van der Waals surface area (Å²) in [5, 5.41) is 22.2. The maximum absolute atomic E-state index is 12.1. The van der Waals surface area contributed by atoms with Crippen LogP contribution >= 0.6 is 15.9 Å². The van der Waals surface area contributed by atoms with E-state index < -0.39 is 16.8 Å². The lowest BCUT2D eigenvalue weighted by atomic mass is 10.1. The highest BCUT2D eigenvalue weighted by atomic mass is 79.9. The average molecular weight is 365 g/mol. The fraction of sp³-hybridized carbons (Fsp3) is 0. The summed E-state index contributed by atoms with van der Waals surface area (Å²) in [6.45, 7) is 0. The SMILES string of the molecule is O=C(O)c1ccc(NC(=O)c2ccc(Br)c([N+](=O)[O-])c2)cc1. The van der Waals surface area contributed by atoms with Crippen molar-refractivity contribution in [2.24, 2.45) is 0 Å². The topological polar surface area (TPSA) is 110 Å². The largest absolute Gasteiger partial charge is 0.478 e. The second-order valence-electron chi connectivity index (χ2n) is 4.26. The molecule has 0 saturated carbocycles. The summed E-state index contributed by atoms with van der Waals surface area (Å²) in [7, 11) is 0. The Morgan fingerprint density at radius 3 is 2.23 bits per heavy atom. The second-order valence-corrected chi connectivity index (χ2v) is 5.11. The van der Waals surface area contributed by atoms with E-state index in [0.717, 1.165) is 6.07 Å². The third-order valence-corrected chi connectivity index (χ3v) is 3.47. The summed E-state index contributed by atoms with van der Waals surface area (Å²) < 4.78 is 0.278. The number of carboxylic acids is 1. The molecule has 0 aromatic heterocycles. The van der Waals surface area contributed by atoms with Gasteiger partial charge in [-0.25, -0.2) is 4.79 Å². The Kier molecular flexibility index (Phi) is 4.52. The van der Waals surface area contributed by atoms with Gasteiger partial charge in [-0.2, -0.15) is 0 Å². The Balaban J connectivity index is 2.20. The molecule has 0 fully saturated rings. The fourth-order valence-electron chi connectivity index (χ4n) is 1.69. The molecule has 112 valence electrons. The minimum atomic E-state index is -1.07. The Morgan fingerprint density at radius 2 is 1.68 bits per heavy atom. The first-order valence-electron chi connectivity index (χ1n) is 5.97. The van der Waals surface area contributed by atoms with Crippen LogP contribution in [0.25, 0.3) is 0 Å². The standard InChI is InChI=1S/C14H9BrN2O5/c15-11-6-3-9(7-12(11)17(21)22)13(18)16-10-4-1-8(2-5-10)14(19)20/h1-7H,(H,16,18)(H,19,20). The Bertz CT molecular complexity index is 758. The number of anilines is 1. The van der Waals surface area contributed by atoms with Crippen LogP contribution in [-0.2, 0) is 0 Å². The number of nitrogens with one attached hydrogen (secondary N) is 1. The van der Waals surface area contributed by atoms with Crippen LogP contribution in [0.2, 0.25) is 0 Å². The zero-order valence-electron chi connectivity index (χ0n) is 10.9. The van der Waals surface area contributed by atoms with Crippen molar-refractivity contribution in [1.29, 1.82) is 0 Å². The van der Waals surface area contributed by atoms with Gasteiger partial charge in [0.15, 0.2) is 0 Å². The lowest BCUT2D eigenvalue weighted by molar-refractivity contribution is -0.385. The Morgan fingerprint density at radius 1 is 1.09 bits per heavy atom. The number of nitro groups is 1. The molecule has 0 bridgehead atoms. The molecule has 22 heavy (non-hydrogen) atoms. The van der Waals surface area contributed by atoms with Crippen molar-refractivity contribution < 1.29 is 19.6 Å². The summed E-state index contributed by atoms with van der Waals surface area (Å²) in [6.07, 6.45) is 0. The van der Waals surface area contributed by atoms with Crippen LogP contribution < -0.4 is 5.32 Å². The molecular weight excluding hydrogens is 356 g/mol. The number of nitrogens with zero attached hydrogens (tertiary/aromatic N) is 1. The number of aromatic carboxylic acids is 1. The molecule has 0 unspecified atom stereocenters. The first-order valence-corrected chi connectivity index (χ1v) is 6.76. The van der Waals surface area contributed by atoms with Crippen molar-refractivity contribution in [3.63, 3.8) is 0 Å². The summed E-state index contributed by atoms with van der Waals surface area (Å²) >= 11 is 3.04. The maximum Gasteiger partial charge on any atom is 0.335 e. The number of amides is 1. The zero-order chi connectivity index (χ0) is 16.3. The van der Waals surface area contributed by atoms with E-state index in [1.54, 1.807) is 0 Å². The molecule has 8 heteroatoms. The summed E-state index contributed by atoms with van der Waals surface area (Å²) in [5.41, 5.74) is 0.393. The molecule has 0 aliphatic rings. The van der Waals surface area contributed by atoms with Gasteiger partial charge in [-0.15, -0.1) is 0 Å². The third kappa shape index (κ3) is 3.47. The average Bonchev–Trinajstić information content (AvgIpc) is 2.47. The monoisotopic (exact) mass is 364 g/mol. The number of carbonyl (C=O) groups is 2. The Hall–Kier alpha value is -2.74. The molecule has 0 aliphatic carbocycles. The number of hydrogen-bond donors (Lipinski definition) is 2. The van der Waals surface area contributed by atoms with Crippen LogP contribution in [0.3, 0.4) is 0 Å². The molecule has 0 saturated heterocycles. The molecule has 0 atom stereocenters. The van der Waals surface area contributed by atoms with Crippen molar-refractivity contribution in [2.45, 2.75) is 0 Å². The number of benzene rings is 2. The van der Waals surface area contributed by atoms with E-state index in [4.69, 9.17) is 5.11 Å². The number of carbonyl (C=O) groups excluding carboxylic acids is 1. The van der Waals surface area contributed by atoms with Crippen LogP contribution in [0.1, 0.15) is 20.7 Å². The van der Waals surface area contributed by atoms with Gasteiger partial charge in [-0.05, 0) is 52.3 Å². The lowest BCUT2D eigenvalue weighted by Gasteiger charge is -2.06. The molecule has 0 spiro atoms. The number of halogens is 1. The van der Waals surface area contributed by atoms with Crippen molar-refractivity contribution in [1.82, 2.24) is 0 Å². The lowest BCUT2D eigenvalue weighted by Crippen LogP contribution is -2.12. The van der Waals surface area contributed by atoms with Crippen LogP contribution in [-0.4, -0.2) is 21.9 Å². The van der Waals surface area contributed by atoms with Gasteiger partial charge in [0.1, 0.15) is 0 Å². The highest BCUT2D eigenvalue weighted by Gasteiger charge is 2.16. The Labute approximate surface area is 132 Å². The molecule has 2 aromatic rings. The number of hydrogen-bond acceptors (Lipinski definition) is 4. The van der Waals surface area contributed by atoms with E-state index in [9.17, 15) is 19.7 Å². The smallest absolute Gasteiger partial charge is 0.335 e. The molecule has 2 rings (SSSR count). The van der Waals surface area contributed by atoms with Gasteiger partial charge in [-0.3, -0.25) is 14.9 Å². The fourth-order valence-corrected chi connectivity index (χ4v) is 2.08. The quantitative estimate of drug-likeness (QED) is 0.638. The summed E-state index contributed by atoms with van der Waals surface area (Å²) in [5.74, 6) is -1.60. The van der Waals surface area contributed by atoms with Crippen LogP contribution in [0.5, 0.6) is 0 Å². The number of rotatable bonds is 4. The predicted molar refractivity (Wildman–Crippen MR) is 82.2 cm³/mol. The van der Waals surface area contributed by atoms with Crippen molar-refractivity contribution >= 4 is 39.2 Å². The van der Waals surface area contributed by atoms with E-state index in [2.05, 4.69) is 21.2 Å². The summed E-state index contributed by atoms with van der Waals surface area (Å²) in [6, 6.07) is 9.59. The van der Waals surface area contributed by atoms with Gasteiger partial charge >= 0.3 is 5.97 Å². The minimum absolute atomic E-state index is 0.0947. The maximum atomic E-state index is 12.1. The van der Waals surface area contributed by atoms with E-state index in [1.807, 2.05) is 0 Å². The number of carboxylic acid groups (broad SMARTS) is 1.